The van der Waals surface area contributed by atoms with E-state index in [1.807, 2.05) is 0 Å². The highest BCUT2D eigenvalue weighted by Crippen LogP contribution is 2.22. The number of hydrogen-bond acceptors (Lipinski definition) is 3. The molecule has 0 aromatic heterocycles. The van der Waals surface area contributed by atoms with E-state index in [4.69, 9.17) is 4.74 Å². The molecule has 0 saturated heterocycles. The Bertz CT molecular complexity index is 413. The first kappa shape index (κ1) is 16.3. The van der Waals surface area contributed by atoms with Crippen molar-refractivity contribution in [3.05, 3.63) is 29.3 Å². The molecule has 1 aliphatic carbocycles. The minimum atomic E-state index is -0.149. The maximum Gasteiger partial charge on any atom is 0.125 e. The fourth-order valence-electron chi connectivity index (χ4n) is 3.06. The first-order chi connectivity index (χ1) is 10.2. The molecule has 0 bridgehead atoms. The van der Waals surface area contributed by atoms with E-state index in [-0.39, 0.29) is 6.10 Å². The normalized spacial score (nSPS) is 22.2. The van der Waals surface area contributed by atoms with Crippen molar-refractivity contribution < 1.29 is 9.84 Å². The van der Waals surface area contributed by atoms with Gasteiger partial charge in [-0.15, -0.1) is 0 Å². The van der Waals surface area contributed by atoms with Crippen molar-refractivity contribution >= 4 is 0 Å². The number of aryl methyl sites for hydroxylation is 2. The molecule has 1 aliphatic rings. The zero-order chi connectivity index (χ0) is 15.1. The van der Waals surface area contributed by atoms with Crippen LogP contribution in [0.1, 0.15) is 49.7 Å². The second-order valence-electron chi connectivity index (χ2n) is 6.19. The number of nitrogens with one attached hydrogen (secondary N) is 1. The van der Waals surface area contributed by atoms with Crippen LogP contribution in [0.25, 0.3) is 0 Å². The van der Waals surface area contributed by atoms with Crippen LogP contribution in [-0.2, 0) is 0 Å². The Morgan fingerprint density at radius 1 is 1.14 bits per heavy atom. The fraction of sp³-hybridized carbons (Fsp3) is 0.667. The van der Waals surface area contributed by atoms with Gasteiger partial charge in [-0.3, -0.25) is 0 Å². The molecule has 1 saturated carbocycles. The standard InChI is InChI=1S/C18H29NO2/c1-14-8-7-9-15(2)18(14)21-13-6-5-12-19-16-10-3-4-11-17(16)20/h7-9,16-17,19-20H,3-6,10-13H2,1-2H3/t16-,17-/m0/s1. The van der Waals surface area contributed by atoms with Gasteiger partial charge in [-0.1, -0.05) is 31.0 Å². The van der Waals surface area contributed by atoms with Crippen molar-refractivity contribution in [1.29, 1.82) is 0 Å². The van der Waals surface area contributed by atoms with Crippen LogP contribution in [0.5, 0.6) is 5.75 Å². The molecule has 0 heterocycles. The van der Waals surface area contributed by atoms with Gasteiger partial charge in [0.1, 0.15) is 5.75 Å². The fourth-order valence-corrected chi connectivity index (χ4v) is 3.06. The molecule has 2 N–H and O–H groups in total. The first-order valence-corrected chi connectivity index (χ1v) is 8.29. The van der Waals surface area contributed by atoms with E-state index in [0.29, 0.717) is 6.04 Å². The second-order valence-corrected chi connectivity index (χ2v) is 6.19. The van der Waals surface area contributed by atoms with Gasteiger partial charge in [-0.05, 0) is 57.2 Å². The van der Waals surface area contributed by atoms with Crippen LogP contribution in [-0.4, -0.2) is 30.4 Å². The topological polar surface area (TPSA) is 41.5 Å². The first-order valence-electron chi connectivity index (χ1n) is 8.29. The van der Waals surface area contributed by atoms with Gasteiger partial charge in [0.05, 0.1) is 12.7 Å². The molecule has 21 heavy (non-hydrogen) atoms. The van der Waals surface area contributed by atoms with Crippen LogP contribution in [0.4, 0.5) is 0 Å². The Hall–Kier alpha value is -1.06. The predicted octanol–water partition coefficient (Wildman–Crippen LogP) is 3.36. The summed E-state index contributed by atoms with van der Waals surface area (Å²) in [5, 5.41) is 13.4. The third-order valence-corrected chi connectivity index (χ3v) is 4.36. The predicted molar refractivity (Wildman–Crippen MR) is 86.9 cm³/mol. The van der Waals surface area contributed by atoms with E-state index in [1.54, 1.807) is 0 Å². The second kappa shape index (κ2) is 8.40. The maximum atomic E-state index is 9.89. The van der Waals surface area contributed by atoms with Crippen molar-refractivity contribution in [2.45, 2.75) is 64.5 Å². The van der Waals surface area contributed by atoms with Crippen molar-refractivity contribution in [2.75, 3.05) is 13.2 Å². The zero-order valence-electron chi connectivity index (χ0n) is 13.4. The molecule has 118 valence electrons. The number of para-hydroxylation sites is 1. The summed E-state index contributed by atoms with van der Waals surface area (Å²) in [6, 6.07) is 6.55. The highest BCUT2D eigenvalue weighted by molar-refractivity contribution is 5.39. The smallest absolute Gasteiger partial charge is 0.125 e. The Labute approximate surface area is 128 Å². The minimum Gasteiger partial charge on any atom is -0.493 e. The summed E-state index contributed by atoms with van der Waals surface area (Å²) < 4.78 is 5.90. The summed E-state index contributed by atoms with van der Waals surface area (Å²) in [5.41, 5.74) is 2.41. The zero-order valence-corrected chi connectivity index (χ0v) is 13.4. The maximum absolute atomic E-state index is 9.89. The summed E-state index contributed by atoms with van der Waals surface area (Å²) in [4.78, 5) is 0. The molecular formula is C18H29NO2. The molecule has 1 aromatic carbocycles. The summed E-state index contributed by atoms with van der Waals surface area (Å²) in [6.07, 6.45) is 6.46. The van der Waals surface area contributed by atoms with E-state index in [0.717, 1.165) is 44.6 Å². The molecule has 2 rings (SSSR count). The van der Waals surface area contributed by atoms with Crippen LogP contribution in [0.15, 0.2) is 18.2 Å². The van der Waals surface area contributed by atoms with Crippen molar-refractivity contribution in [3.63, 3.8) is 0 Å². The number of unbranched alkanes of at least 4 members (excludes halogenated alkanes) is 1. The molecule has 3 heteroatoms. The number of ether oxygens (including phenoxy) is 1. The summed E-state index contributed by atoms with van der Waals surface area (Å²) in [7, 11) is 0. The van der Waals surface area contributed by atoms with Gasteiger partial charge in [0.25, 0.3) is 0 Å². The SMILES string of the molecule is Cc1cccc(C)c1OCCCCN[C@H]1CCCC[C@@H]1O. The van der Waals surface area contributed by atoms with Gasteiger partial charge in [0, 0.05) is 6.04 Å². The summed E-state index contributed by atoms with van der Waals surface area (Å²) >= 11 is 0. The lowest BCUT2D eigenvalue weighted by molar-refractivity contribution is 0.0908. The average molecular weight is 291 g/mol. The average Bonchev–Trinajstić information content (AvgIpc) is 2.47. The number of benzene rings is 1. The van der Waals surface area contributed by atoms with E-state index < -0.39 is 0 Å². The van der Waals surface area contributed by atoms with Gasteiger partial charge in [-0.2, -0.15) is 0 Å². The van der Waals surface area contributed by atoms with Crippen LogP contribution < -0.4 is 10.1 Å². The van der Waals surface area contributed by atoms with Gasteiger partial charge in [0.15, 0.2) is 0 Å². The van der Waals surface area contributed by atoms with Gasteiger partial charge >= 0.3 is 0 Å². The Kier molecular flexibility index (Phi) is 6.52. The van der Waals surface area contributed by atoms with Crippen LogP contribution in [0.3, 0.4) is 0 Å². The molecule has 0 aliphatic heterocycles. The summed E-state index contributed by atoms with van der Waals surface area (Å²) in [6.45, 7) is 5.92. The Morgan fingerprint density at radius 3 is 2.57 bits per heavy atom. The van der Waals surface area contributed by atoms with E-state index in [9.17, 15) is 5.11 Å². The molecule has 1 aromatic rings. The Morgan fingerprint density at radius 2 is 1.86 bits per heavy atom. The number of aliphatic hydroxyl groups excluding tert-OH is 1. The number of aliphatic hydroxyl groups is 1. The number of hydrogen-bond donors (Lipinski definition) is 2. The van der Waals surface area contributed by atoms with E-state index in [2.05, 4.69) is 37.4 Å². The minimum absolute atomic E-state index is 0.149. The van der Waals surface area contributed by atoms with Crippen molar-refractivity contribution in [1.82, 2.24) is 5.32 Å². The monoisotopic (exact) mass is 291 g/mol. The lowest BCUT2D eigenvalue weighted by Crippen LogP contribution is -2.42. The lowest BCUT2D eigenvalue weighted by atomic mass is 9.92. The van der Waals surface area contributed by atoms with Crippen molar-refractivity contribution in [2.24, 2.45) is 0 Å². The quantitative estimate of drug-likeness (QED) is 0.757. The molecule has 0 radical (unpaired) electrons. The molecule has 0 unspecified atom stereocenters. The summed E-state index contributed by atoms with van der Waals surface area (Å²) in [5.74, 6) is 1.04. The van der Waals surface area contributed by atoms with E-state index in [1.165, 1.54) is 24.0 Å². The largest absolute Gasteiger partial charge is 0.493 e. The number of rotatable bonds is 7. The molecule has 0 spiro atoms. The van der Waals surface area contributed by atoms with Crippen molar-refractivity contribution in [3.8, 4) is 5.75 Å². The van der Waals surface area contributed by atoms with Gasteiger partial charge in [0.2, 0.25) is 0 Å². The van der Waals surface area contributed by atoms with Crippen LogP contribution >= 0.6 is 0 Å². The molecule has 3 nitrogen and oxygen atoms in total. The Balaban J connectivity index is 1.60. The molecule has 0 amide bonds. The van der Waals surface area contributed by atoms with Crippen LogP contribution in [0.2, 0.25) is 0 Å². The molecule has 2 atom stereocenters. The third kappa shape index (κ3) is 5.01. The highest BCUT2D eigenvalue weighted by atomic mass is 16.5. The molecule has 1 fully saturated rings. The molecular weight excluding hydrogens is 262 g/mol. The lowest BCUT2D eigenvalue weighted by Gasteiger charge is -2.28. The third-order valence-electron chi connectivity index (χ3n) is 4.36. The van der Waals surface area contributed by atoms with E-state index >= 15 is 0 Å². The van der Waals surface area contributed by atoms with Gasteiger partial charge < -0.3 is 15.2 Å². The highest BCUT2D eigenvalue weighted by Gasteiger charge is 2.21. The van der Waals surface area contributed by atoms with Gasteiger partial charge in [-0.25, -0.2) is 0 Å². The van der Waals surface area contributed by atoms with Crippen LogP contribution in [0, 0.1) is 13.8 Å².